The van der Waals surface area contributed by atoms with Crippen molar-refractivity contribution in [2.75, 3.05) is 0 Å². The Morgan fingerprint density at radius 2 is 1.83 bits per heavy atom. The molecule has 2 N–H and O–H groups in total. The highest BCUT2D eigenvalue weighted by molar-refractivity contribution is 6.03. The summed E-state index contributed by atoms with van der Waals surface area (Å²) in [5.41, 5.74) is 4.36. The molecule has 0 saturated carbocycles. The number of ether oxygens (including phenoxy) is 1. The van der Waals surface area contributed by atoms with Gasteiger partial charge in [0, 0.05) is 29.3 Å². The van der Waals surface area contributed by atoms with Crippen molar-refractivity contribution in [3.8, 4) is 5.75 Å². The topological polar surface area (TPSA) is 75.6 Å². The summed E-state index contributed by atoms with van der Waals surface area (Å²) in [4.78, 5) is 25.9. The highest BCUT2D eigenvalue weighted by Crippen LogP contribution is 2.42. The Labute approximate surface area is 169 Å². The quantitative estimate of drug-likeness (QED) is 0.770. The minimum Gasteiger partial charge on any atom is -0.508 e. The molecule has 1 aliphatic heterocycles. The zero-order valence-corrected chi connectivity index (χ0v) is 16.3. The molecule has 2 aliphatic rings. The van der Waals surface area contributed by atoms with Gasteiger partial charge >= 0.3 is 5.97 Å². The molecular weight excluding hydrogens is 366 g/mol. The summed E-state index contributed by atoms with van der Waals surface area (Å²) >= 11 is 0. The third kappa shape index (κ3) is 3.81. The maximum atomic E-state index is 13.1. The molecule has 0 unspecified atom stereocenters. The van der Waals surface area contributed by atoms with Gasteiger partial charge in [-0.25, -0.2) is 4.79 Å². The number of hydrogen-bond acceptors (Lipinski definition) is 5. The number of hydrogen-bond donors (Lipinski definition) is 2. The van der Waals surface area contributed by atoms with Gasteiger partial charge in [-0.2, -0.15) is 0 Å². The van der Waals surface area contributed by atoms with Crippen LogP contribution in [0.1, 0.15) is 43.2 Å². The second-order valence-corrected chi connectivity index (χ2v) is 7.42. The summed E-state index contributed by atoms with van der Waals surface area (Å²) < 4.78 is 5.61. The number of dihydropyridines is 1. The normalized spacial score (nSPS) is 18.9. The van der Waals surface area contributed by atoms with Gasteiger partial charge in [0.25, 0.3) is 0 Å². The van der Waals surface area contributed by atoms with Gasteiger partial charge in [-0.05, 0) is 43.0 Å². The predicted octanol–water partition coefficient (Wildman–Crippen LogP) is 4.10. The van der Waals surface area contributed by atoms with E-state index >= 15 is 0 Å². The number of nitrogens with one attached hydrogen (secondary N) is 1. The zero-order valence-electron chi connectivity index (χ0n) is 16.3. The van der Waals surface area contributed by atoms with Crippen molar-refractivity contribution >= 4 is 11.8 Å². The predicted molar refractivity (Wildman–Crippen MR) is 109 cm³/mol. The smallest absolute Gasteiger partial charge is 0.337 e. The van der Waals surface area contributed by atoms with Crippen LogP contribution in [0.2, 0.25) is 0 Å². The Hall–Kier alpha value is -3.34. The molecule has 0 saturated heterocycles. The van der Waals surface area contributed by atoms with Crippen molar-refractivity contribution in [1.82, 2.24) is 5.32 Å². The van der Waals surface area contributed by atoms with Crippen molar-refractivity contribution in [3.63, 3.8) is 0 Å². The molecule has 2 aromatic rings. The molecule has 148 valence electrons. The Kier molecular flexibility index (Phi) is 5.21. The van der Waals surface area contributed by atoms with E-state index in [2.05, 4.69) is 5.32 Å². The molecule has 0 aromatic heterocycles. The van der Waals surface area contributed by atoms with Gasteiger partial charge in [-0.3, -0.25) is 4.79 Å². The number of allylic oxidation sites excluding steroid dienone is 3. The first kappa shape index (κ1) is 19.0. The van der Waals surface area contributed by atoms with Crippen LogP contribution >= 0.6 is 0 Å². The fourth-order valence-electron chi connectivity index (χ4n) is 4.05. The molecule has 1 aliphatic carbocycles. The Morgan fingerprint density at radius 1 is 1.10 bits per heavy atom. The maximum Gasteiger partial charge on any atom is 0.337 e. The molecule has 1 heterocycles. The van der Waals surface area contributed by atoms with E-state index in [4.69, 9.17) is 4.74 Å². The molecule has 0 radical (unpaired) electrons. The summed E-state index contributed by atoms with van der Waals surface area (Å²) in [6, 6.07) is 16.2. The molecule has 0 spiro atoms. The van der Waals surface area contributed by atoms with E-state index in [-0.39, 0.29) is 18.1 Å². The second kappa shape index (κ2) is 7.95. The Balaban J connectivity index is 1.70. The van der Waals surface area contributed by atoms with Crippen LogP contribution in [0.4, 0.5) is 0 Å². The molecule has 1 atom stereocenters. The van der Waals surface area contributed by atoms with E-state index < -0.39 is 11.9 Å². The van der Waals surface area contributed by atoms with E-state index in [0.717, 1.165) is 29.7 Å². The molecule has 2 aromatic carbocycles. The van der Waals surface area contributed by atoms with Crippen molar-refractivity contribution < 1.29 is 19.4 Å². The maximum absolute atomic E-state index is 13.1. The Bertz CT molecular complexity index is 1000. The van der Waals surface area contributed by atoms with Crippen LogP contribution in [0, 0.1) is 0 Å². The zero-order chi connectivity index (χ0) is 20.4. The lowest BCUT2D eigenvalue weighted by molar-refractivity contribution is -0.140. The van der Waals surface area contributed by atoms with Gasteiger partial charge in [0.1, 0.15) is 12.4 Å². The SMILES string of the molecule is CC1=C(C(=O)OCc2ccccc2)[C@H](c2ccc(O)cc2)C2=C(CCCC2=O)N1. The number of benzene rings is 2. The first-order chi connectivity index (χ1) is 14.0. The molecule has 4 rings (SSSR count). The van der Waals surface area contributed by atoms with Gasteiger partial charge in [-0.15, -0.1) is 0 Å². The van der Waals surface area contributed by atoms with Crippen LogP contribution in [0.3, 0.4) is 0 Å². The van der Waals surface area contributed by atoms with Crippen LogP contribution in [0.15, 0.2) is 77.1 Å². The standard InChI is InChI=1S/C24H23NO4/c1-15-21(24(28)29-14-16-6-3-2-4-7-16)22(17-10-12-18(26)13-11-17)23-19(25-15)8-5-9-20(23)27/h2-4,6-7,10-13,22,25-26H,5,8-9,14H2,1H3/t22-/m0/s1. The van der Waals surface area contributed by atoms with Crippen molar-refractivity contribution in [2.45, 2.75) is 38.7 Å². The molecule has 0 amide bonds. The van der Waals surface area contributed by atoms with E-state index in [1.165, 1.54) is 0 Å². The second-order valence-electron chi connectivity index (χ2n) is 7.42. The monoisotopic (exact) mass is 389 g/mol. The molecule has 0 bridgehead atoms. The van der Waals surface area contributed by atoms with Crippen LogP contribution in [-0.4, -0.2) is 16.9 Å². The highest BCUT2D eigenvalue weighted by atomic mass is 16.5. The molecule has 29 heavy (non-hydrogen) atoms. The third-order valence-electron chi connectivity index (χ3n) is 5.43. The minimum atomic E-state index is -0.497. The number of phenolic OH excluding ortho intramolecular Hbond substituents is 1. The minimum absolute atomic E-state index is 0.0534. The lowest BCUT2D eigenvalue weighted by Crippen LogP contribution is -2.34. The summed E-state index contributed by atoms with van der Waals surface area (Å²) in [6.07, 6.45) is 2.05. The first-order valence-corrected chi connectivity index (χ1v) is 9.78. The van der Waals surface area contributed by atoms with Crippen LogP contribution in [0.5, 0.6) is 5.75 Å². The van der Waals surface area contributed by atoms with Crippen LogP contribution in [0.25, 0.3) is 0 Å². The van der Waals surface area contributed by atoms with Crippen LogP contribution < -0.4 is 5.32 Å². The number of phenols is 1. The number of carbonyl (C=O) groups is 2. The van der Waals surface area contributed by atoms with Gasteiger partial charge in [0.05, 0.1) is 5.57 Å². The van der Waals surface area contributed by atoms with Gasteiger partial charge < -0.3 is 15.2 Å². The first-order valence-electron chi connectivity index (χ1n) is 9.78. The number of aromatic hydroxyl groups is 1. The van der Waals surface area contributed by atoms with Gasteiger partial charge in [-0.1, -0.05) is 42.5 Å². The van der Waals surface area contributed by atoms with Crippen molar-refractivity contribution in [3.05, 3.63) is 88.3 Å². The molecule has 5 heteroatoms. The summed E-state index contributed by atoms with van der Waals surface area (Å²) in [6.45, 7) is 2.01. The number of Topliss-reactive ketones (excluding diaryl/α,β-unsaturated/α-hetero) is 1. The van der Waals surface area contributed by atoms with Gasteiger partial charge in [0.2, 0.25) is 0 Å². The third-order valence-corrected chi connectivity index (χ3v) is 5.43. The summed E-state index contributed by atoms with van der Waals surface area (Å²) in [7, 11) is 0. The van der Waals surface area contributed by atoms with E-state index in [9.17, 15) is 14.7 Å². The number of esters is 1. The molecule has 5 nitrogen and oxygen atoms in total. The summed E-state index contributed by atoms with van der Waals surface area (Å²) in [5.74, 6) is -0.747. The fourth-order valence-corrected chi connectivity index (χ4v) is 4.05. The Morgan fingerprint density at radius 3 is 2.55 bits per heavy atom. The lowest BCUT2D eigenvalue weighted by Gasteiger charge is -2.34. The fraction of sp³-hybridized carbons (Fsp3) is 0.250. The molecular formula is C24H23NO4. The largest absolute Gasteiger partial charge is 0.508 e. The average molecular weight is 389 g/mol. The van der Waals surface area contributed by atoms with Crippen molar-refractivity contribution in [2.24, 2.45) is 0 Å². The number of ketones is 1. The highest BCUT2D eigenvalue weighted by Gasteiger charge is 2.39. The average Bonchev–Trinajstić information content (AvgIpc) is 2.72. The van der Waals surface area contributed by atoms with E-state index in [1.54, 1.807) is 24.3 Å². The van der Waals surface area contributed by atoms with Gasteiger partial charge in [0.15, 0.2) is 5.78 Å². The lowest BCUT2D eigenvalue weighted by atomic mass is 9.75. The number of rotatable bonds is 4. The van der Waals surface area contributed by atoms with Crippen molar-refractivity contribution in [1.29, 1.82) is 0 Å². The van der Waals surface area contributed by atoms with Crippen LogP contribution in [-0.2, 0) is 20.9 Å². The summed E-state index contributed by atoms with van der Waals surface area (Å²) in [5, 5.41) is 13.0. The molecule has 0 fully saturated rings. The number of carbonyl (C=O) groups excluding carboxylic acids is 2. The van der Waals surface area contributed by atoms with E-state index in [1.807, 2.05) is 37.3 Å². The van der Waals surface area contributed by atoms with E-state index in [0.29, 0.717) is 23.3 Å².